The third-order valence-corrected chi connectivity index (χ3v) is 3.26. The summed E-state index contributed by atoms with van der Waals surface area (Å²) in [6, 6.07) is 2.38. The van der Waals surface area contributed by atoms with Crippen LogP contribution < -0.4 is 0 Å². The van der Waals surface area contributed by atoms with Crippen LogP contribution >= 0.6 is 15.9 Å². The van der Waals surface area contributed by atoms with Gasteiger partial charge in [0.1, 0.15) is 11.8 Å². The van der Waals surface area contributed by atoms with E-state index in [2.05, 4.69) is 15.9 Å². The van der Waals surface area contributed by atoms with Crippen LogP contribution in [0.15, 0.2) is 27.3 Å². The molecule has 0 unspecified atom stereocenters. The van der Waals surface area contributed by atoms with Crippen LogP contribution in [0.5, 0.6) is 0 Å². The van der Waals surface area contributed by atoms with Crippen molar-refractivity contribution in [3.8, 4) is 0 Å². The molecule has 2 N–H and O–H groups in total. The van der Waals surface area contributed by atoms with E-state index in [4.69, 9.17) is 9.52 Å². The van der Waals surface area contributed by atoms with E-state index in [1.165, 1.54) is 12.2 Å². The van der Waals surface area contributed by atoms with Gasteiger partial charge >= 0.3 is 5.97 Å². The van der Waals surface area contributed by atoms with Crippen molar-refractivity contribution in [2.45, 2.75) is 18.6 Å². The number of hydrogen-bond donors (Lipinski definition) is 2. The average molecular weight is 330 g/mol. The predicted octanol–water partition coefficient (Wildman–Crippen LogP) is 1.10. The fourth-order valence-electron chi connectivity index (χ4n) is 1.96. The molecule has 6 nitrogen and oxygen atoms in total. The molecule has 7 heteroatoms. The van der Waals surface area contributed by atoms with Crippen LogP contribution in [0, 0.1) is 0 Å². The Bertz CT molecular complexity index is 524. The number of aliphatic hydroxyl groups is 1. The summed E-state index contributed by atoms with van der Waals surface area (Å²) in [5.74, 6) is -1.10. The van der Waals surface area contributed by atoms with E-state index in [0.29, 0.717) is 10.4 Å². The van der Waals surface area contributed by atoms with Gasteiger partial charge in [-0.1, -0.05) is 0 Å². The van der Waals surface area contributed by atoms with Crippen LogP contribution in [0.4, 0.5) is 0 Å². The number of β-amino-alcohol motifs (C(OH)–C–C–N with tert-alkyl or cyclic N) is 1. The number of carboxylic acids is 1. The van der Waals surface area contributed by atoms with Crippen molar-refractivity contribution < 1.29 is 24.2 Å². The maximum atomic E-state index is 11.9. The molecule has 1 aromatic heterocycles. The smallest absolute Gasteiger partial charge is 0.326 e. The molecule has 1 amide bonds. The summed E-state index contributed by atoms with van der Waals surface area (Å²) in [5.41, 5.74) is 0. The SMILES string of the molecule is O=C(O)[C@@H]1C[C@@H](O)CN1C(=O)/C=C/c1ccc(Br)o1. The highest BCUT2D eigenvalue weighted by Crippen LogP contribution is 2.19. The second-order valence-corrected chi connectivity index (χ2v) is 4.99. The van der Waals surface area contributed by atoms with Gasteiger partial charge in [0.05, 0.1) is 6.10 Å². The molecular formula is C12H12BrNO5. The zero-order valence-electron chi connectivity index (χ0n) is 9.82. The number of nitrogens with zero attached hydrogens (tertiary/aromatic N) is 1. The van der Waals surface area contributed by atoms with Crippen molar-refractivity contribution in [3.05, 3.63) is 28.6 Å². The van der Waals surface area contributed by atoms with Gasteiger partial charge in [0, 0.05) is 19.0 Å². The summed E-state index contributed by atoms with van der Waals surface area (Å²) in [5, 5.41) is 18.4. The lowest BCUT2D eigenvalue weighted by molar-refractivity contribution is -0.146. The summed E-state index contributed by atoms with van der Waals surface area (Å²) in [7, 11) is 0. The van der Waals surface area contributed by atoms with Gasteiger partial charge < -0.3 is 19.5 Å². The number of carbonyl (C=O) groups is 2. The number of hydrogen-bond acceptors (Lipinski definition) is 4. The van der Waals surface area contributed by atoms with Crippen molar-refractivity contribution in [1.29, 1.82) is 0 Å². The molecule has 1 fully saturated rings. The van der Waals surface area contributed by atoms with Crippen LogP contribution in [0.25, 0.3) is 6.08 Å². The number of likely N-dealkylation sites (tertiary alicyclic amines) is 1. The standard InChI is InChI=1S/C12H12BrNO5/c13-10-3-1-8(19-10)2-4-11(16)14-6-7(15)5-9(14)12(17)18/h1-4,7,9,15H,5-6H2,(H,17,18)/b4-2+/t7-,9+/m1/s1. The summed E-state index contributed by atoms with van der Waals surface area (Å²) in [6.07, 6.45) is 1.95. The van der Waals surface area contributed by atoms with Crippen LogP contribution in [0.3, 0.4) is 0 Å². The van der Waals surface area contributed by atoms with Gasteiger partial charge in [-0.2, -0.15) is 0 Å². The lowest BCUT2D eigenvalue weighted by Crippen LogP contribution is -2.39. The first kappa shape index (κ1) is 13.8. The van der Waals surface area contributed by atoms with Gasteiger partial charge in [0.2, 0.25) is 5.91 Å². The highest BCUT2D eigenvalue weighted by Gasteiger charge is 2.37. The Morgan fingerprint density at radius 3 is 2.79 bits per heavy atom. The minimum atomic E-state index is -1.11. The molecule has 0 aliphatic carbocycles. The van der Waals surface area contributed by atoms with E-state index in [-0.39, 0.29) is 13.0 Å². The van der Waals surface area contributed by atoms with Crippen LogP contribution in [0.2, 0.25) is 0 Å². The quantitative estimate of drug-likeness (QED) is 0.810. The Hall–Kier alpha value is -1.60. The molecule has 2 rings (SSSR count). The van der Waals surface area contributed by atoms with Gasteiger partial charge in [-0.3, -0.25) is 4.79 Å². The number of rotatable bonds is 3. The van der Waals surface area contributed by atoms with E-state index in [1.54, 1.807) is 12.1 Å². The molecule has 2 atom stereocenters. The lowest BCUT2D eigenvalue weighted by Gasteiger charge is -2.18. The minimum absolute atomic E-state index is 0.0298. The molecule has 0 radical (unpaired) electrons. The lowest BCUT2D eigenvalue weighted by atomic mass is 10.2. The van der Waals surface area contributed by atoms with Gasteiger partial charge in [-0.15, -0.1) is 0 Å². The van der Waals surface area contributed by atoms with E-state index >= 15 is 0 Å². The molecule has 102 valence electrons. The van der Waals surface area contributed by atoms with Gasteiger partial charge in [0.15, 0.2) is 4.67 Å². The second kappa shape index (κ2) is 5.58. The third-order valence-electron chi connectivity index (χ3n) is 2.83. The second-order valence-electron chi connectivity index (χ2n) is 4.21. The molecule has 0 spiro atoms. The van der Waals surface area contributed by atoms with Crippen molar-refractivity contribution in [2.75, 3.05) is 6.54 Å². The monoisotopic (exact) mass is 329 g/mol. The molecule has 1 saturated heterocycles. The number of aliphatic hydroxyl groups excluding tert-OH is 1. The van der Waals surface area contributed by atoms with Crippen LogP contribution in [0.1, 0.15) is 12.2 Å². The Kier molecular flexibility index (Phi) is 4.06. The molecule has 0 aromatic carbocycles. The highest BCUT2D eigenvalue weighted by atomic mass is 79.9. The molecule has 1 aromatic rings. The molecule has 2 heterocycles. The molecular weight excluding hydrogens is 318 g/mol. The number of carbonyl (C=O) groups excluding carboxylic acids is 1. The third kappa shape index (κ3) is 3.24. The average Bonchev–Trinajstić information content (AvgIpc) is 2.92. The topological polar surface area (TPSA) is 91.0 Å². The maximum absolute atomic E-state index is 11.9. The summed E-state index contributed by atoms with van der Waals surface area (Å²) >= 11 is 3.14. The first-order valence-corrected chi connectivity index (χ1v) is 6.41. The van der Waals surface area contributed by atoms with Crippen molar-refractivity contribution in [2.24, 2.45) is 0 Å². The molecule has 0 saturated carbocycles. The largest absolute Gasteiger partial charge is 0.480 e. The number of furan rings is 1. The Morgan fingerprint density at radius 1 is 1.47 bits per heavy atom. The van der Waals surface area contributed by atoms with Gasteiger partial charge in [-0.05, 0) is 34.1 Å². The van der Waals surface area contributed by atoms with E-state index in [0.717, 1.165) is 4.90 Å². The summed E-state index contributed by atoms with van der Waals surface area (Å²) < 4.78 is 5.73. The van der Waals surface area contributed by atoms with Gasteiger partial charge in [0.25, 0.3) is 0 Å². The molecule has 1 aliphatic heterocycles. The Labute approximate surface area is 117 Å². The summed E-state index contributed by atoms with van der Waals surface area (Å²) in [4.78, 5) is 24.0. The fourth-order valence-corrected chi connectivity index (χ4v) is 2.28. The first-order chi connectivity index (χ1) is 8.97. The van der Waals surface area contributed by atoms with E-state index in [9.17, 15) is 14.7 Å². The van der Waals surface area contributed by atoms with Crippen molar-refractivity contribution >= 4 is 33.9 Å². The minimum Gasteiger partial charge on any atom is -0.480 e. The molecule has 1 aliphatic rings. The summed E-state index contributed by atoms with van der Waals surface area (Å²) in [6.45, 7) is 0.0298. The van der Waals surface area contributed by atoms with E-state index in [1.807, 2.05) is 0 Å². The maximum Gasteiger partial charge on any atom is 0.326 e. The number of aliphatic carboxylic acids is 1. The zero-order valence-corrected chi connectivity index (χ0v) is 11.4. The Morgan fingerprint density at radius 2 is 2.21 bits per heavy atom. The number of carboxylic acid groups (broad SMARTS) is 1. The first-order valence-electron chi connectivity index (χ1n) is 5.62. The van der Waals surface area contributed by atoms with Crippen molar-refractivity contribution in [3.63, 3.8) is 0 Å². The van der Waals surface area contributed by atoms with Crippen LogP contribution in [-0.2, 0) is 9.59 Å². The predicted molar refractivity (Wildman–Crippen MR) is 69.2 cm³/mol. The van der Waals surface area contributed by atoms with Crippen molar-refractivity contribution in [1.82, 2.24) is 4.90 Å². The number of halogens is 1. The zero-order chi connectivity index (χ0) is 14.0. The fraction of sp³-hybridized carbons (Fsp3) is 0.333. The van der Waals surface area contributed by atoms with Crippen LogP contribution in [-0.4, -0.2) is 45.7 Å². The molecule has 19 heavy (non-hydrogen) atoms. The Balaban J connectivity index is 2.06. The van der Waals surface area contributed by atoms with Gasteiger partial charge in [-0.25, -0.2) is 4.79 Å². The normalized spacial score (nSPS) is 23.2. The van der Waals surface area contributed by atoms with E-state index < -0.39 is 24.0 Å². The highest BCUT2D eigenvalue weighted by molar-refractivity contribution is 9.10. The number of amides is 1. The molecule has 0 bridgehead atoms.